The van der Waals surface area contributed by atoms with Crippen molar-refractivity contribution < 1.29 is 9.90 Å². The standard InChI is InChI=1S/C13H15NO2/c1-2-9(13(15)16)7-10-8-14-12-6-4-3-5-11(10)12/h3-6,8-9,14H,2,7H2,1H3,(H,15,16). The van der Waals surface area contributed by atoms with Crippen molar-refractivity contribution in [3.63, 3.8) is 0 Å². The fourth-order valence-electron chi connectivity index (χ4n) is 1.97. The summed E-state index contributed by atoms with van der Waals surface area (Å²) in [7, 11) is 0. The van der Waals surface area contributed by atoms with Crippen molar-refractivity contribution in [3.8, 4) is 0 Å². The second-order valence-electron chi connectivity index (χ2n) is 4.01. The van der Waals surface area contributed by atoms with Gasteiger partial charge < -0.3 is 10.1 Å². The van der Waals surface area contributed by atoms with E-state index in [1.807, 2.05) is 37.4 Å². The molecule has 0 amide bonds. The van der Waals surface area contributed by atoms with E-state index in [1.165, 1.54) is 0 Å². The molecule has 1 unspecified atom stereocenters. The van der Waals surface area contributed by atoms with Gasteiger partial charge in [0, 0.05) is 17.1 Å². The third-order valence-electron chi connectivity index (χ3n) is 2.98. The Labute approximate surface area is 94.1 Å². The molecule has 0 bridgehead atoms. The second kappa shape index (κ2) is 4.39. The van der Waals surface area contributed by atoms with E-state index in [2.05, 4.69) is 4.98 Å². The first-order chi connectivity index (χ1) is 7.72. The molecule has 0 aliphatic heterocycles. The third-order valence-corrected chi connectivity index (χ3v) is 2.98. The first-order valence-electron chi connectivity index (χ1n) is 5.50. The minimum atomic E-state index is -0.715. The van der Waals surface area contributed by atoms with Crippen LogP contribution >= 0.6 is 0 Å². The van der Waals surface area contributed by atoms with Gasteiger partial charge >= 0.3 is 5.97 Å². The minimum absolute atomic E-state index is 0.292. The van der Waals surface area contributed by atoms with Crippen LogP contribution in [0.2, 0.25) is 0 Å². The van der Waals surface area contributed by atoms with Gasteiger partial charge in [-0.2, -0.15) is 0 Å². The Morgan fingerprint density at radius 1 is 1.44 bits per heavy atom. The number of rotatable bonds is 4. The van der Waals surface area contributed by atoms with E-state index >= 15 is 0 Å². The molecule has 3 heteroatoms. The molecule has 0 radical (unpaired) electrons. The highest BCUT2D eigenvalue weighted by molar-refractivity contribution is 5.83. The largest absolute Gasteiger partial charge is 0.481 e. The number of aliphatic carboxylic acids is 1. The first kappa shape index (κ1) is 10.7. The summed E-state index contributed by atoms with van der Waals surface area (Å²) in [6.45, 7) is 1.91. The second-order valence-corrected chi connectivity index (χ2v) is 4.01. The molecule has 1 aromatic heterocycles. The van der Waals surface area contributed by atoms with Gasteiger partial charge in [-0.25, -0.2) is 0 Å². The number of aromatic amines is 1. The molecule has 0 aliphatic rings. The van der Waals surface area contributed by atoms with E-state index in [1.54, 1.807) is 0 Å². The molecule has 1 atom stereocenters. The molecule has 0 fully saturated rings. The Kier molecular flexibility index (Phi) is 2.95. The first-order valence-corrected chi connectivity index (χ1v) is 5.50. The number of H-pyrrole nitrogens is 1. The van der Waals surface area contributed by atoms with Crippen LogP contribution in [0, 0.1) is 5.92 Å². The lowest BCUT2D eigenvalue weighted by Crippen LogP contribution is -2.15. The lowest BCUT2D eigenvalue weighted by molar-refractivity contribution is -0.141. The van der Waals surface area contributed by atoms with Crippen LogP contribution in [0.5, 0.6) is 0 Å². The summed E-state index contributed by atoms with van der Waals surface area (Å²) in [6.07, 6.45) is 3.17. The number of carbonyl (C=O) groups is 1. The third kappa shape index (κ3) is 1.94. The zero-order chi connectivity index (χ0) is 11.5. The molecule has 2 rings (SSSR count). The summed E-state index contributed by atoms with van der Waals surface area (Å²) in [6, 6.07) is 7.97. The van der Waals surface area contributed by atoms with Gasteiger partial charge in [-0.15, -0.1) is 0 Å². The van der Waals surface area contributed by atoms with Gasteiger partial charge in [0.2, 0.25) is 0 Å². The number of carboxylic acids is 1. The summed E-state index contributed by atoms with van der Waals surface area (Å²) in [5.41, 5.74) is 2.16. The predicted molar refractivity (Wildman–Crippen MR) is 63.4 cm³/mol. The van der Waals surface area contributed by atoms with E-state index < -0.39 is 5.97 Å². The fraction of sp³-hybridized carbons (Fsp3) is 0.308. The Hall–Kier alpha value is -1.77. The van der Waals surface area contributed by atoms with Crippen LogP contribution in [-0.4, -0.2) is 16.1 Å². The molecule has 0 saturated heterocycles. The van der Waals surface area contributed by atoms with Gasteiger partial charge in [-0.05, 0) is 24.5 Å². The number of hydrogen-bond acceptors (Lipinski definition) is 1. The molecule has 2 N–H and O–H groups in total. The average Bonchev–Trinajstić information content (AvgIpc) is 2.69. The van der Waals surface area contributed by atoms with Crippen molar-refractivity contribution in [1.82, 2.24) is 4.98 Å². The highest BCUT2D eigenvalue weighted by Crippen LogP contribution is 2.21. The van der Waals surface area contributed by atoms with Gasteiger partial charge in [0.05, 0.1) is 5.92 Å². The predicted octanol–water partition coefficient (Wildman–Crippen LogP) is 2.82. The van der Waals surface area contributed by atoms with Gasteiger partial charge in [-0.3, -0.25) is 4.79 Å². The molecule has 0 aliphatic carbocycles. The molecule has 0 spiro atoms. The van der Waals surface area contributed by atoms with Crippen LogP contribution in [0.15, 0.2) is 30.5 Å². The van der Waals surface area contributed by atoms with Crippen molar-refractivity contribution >= 4 is 16.9 Å². The van der Waals surface area contributed by atoms with Crippen LogP contribution in [0.4, 0.5) is 0 Å². The highest BCUT2D eigenvalue weighted by Gasteiger charge is 2.17. The summed E-state index contributed by atoms with van der Waals surface area (Å²) in [5.74, 6) is -1.01. The van der Waals surface area contributed by atoms with Crippen LogP contribution in [0.1, 0.15) is 18.9 Å². The maximum Gasteiger partial charge on any atom is 0.306 e. The Morgan fingerprint density at radius 2 is 2.19 bits per heavy atom. The molecule has 16 heavy (non-hydrogen) atoms. The number of nitrogens with one attached hydrogen (secondary N) is 1. The normalized spacial score (nSPS) is 12.8. The molecular weight excluding hydrogens is 202 g/mol. The molecule has 84 valence electrons. The quantitative estimate of drug-likeness (QED) is 0.827. The number of fused-ring (bicyclic) bond motifs is 1. The van der Waals surface area contributed by atoms with Gasteiger partial charge in [0.25, 0.3) is 0 Å². The zero-order valence-electron chi connectivity index (χ0n) is 9.23. The van der Waals surface area contributed by atoms with Crippen molar-refractivity contribution in [2.45, 2.75) is 19.8 Å². The van der Waals surface area contributed by atoms with Crippen molar-refractivity contribution in [1.29, 1.82) is 0 Å². The number of hydrogen-bond donors (Lipinski definition) is 2. The minimum Gasteiger partial charge on any atom is -0.481 e. The van der Waals surface area contributed by atoms with Crippen molar-refractivity contribution in [2.24, 2.45) is 5.92 Å². The average molecular weight is 217 g/mol. The van der Waals surface area contributed by atoms with E-state index in [4.69, 9.17) is 5.11 Å². The number of para-hydroxylation sites is 1. The summed E-state index contributed by atoms with van der Waals surface area (Å²) < 4.78 is 0. The van der Waals surface area contributed by atoms with Gasteiger partial charge in [0.15, 0.2) is 0 Å². The monoisotopic (exact) mass is 217 g/mol. The summed E-state index contributed by atoms with van der Waals surface area (Å²) >= 11 is 0. The van der Waals surface area contributed by atoms with Gasteiger partial charge in [0.1, 0.15) is 0 Å². The summed E-state index contributed by atoms with van der Waals surface area (Å²) in [4.78, 5) is 14.1. The van der Waals surface area contributed by atoms with Crippen LogP contribution in [-0.2, 0) is 11.2 Å². The van der Waals surface area contributed by atoms with Gasteiger partial charge in [-0.1, -0.05) is 25.1 Å². The van der Waals surface area contributed by atoms with E-state index in [-0.39, 0.29) is 5.92 Å². The van der Waals surface area contributed by atoms with Crippen molar-refractivity contribution in [2.75, 3.05) is 0 Å². The molecule has 3 nitrogen and oxygen atoms in total. The Bertz CT molecular complexity index is 501. The smallest absolute Gasteiger partial charge is 0.306 e. The molecular formula is C13H15NO2. The molecule has 2 aromatic rings. The van der Waals surface area contributed by atoms with Crippen LogP contribution in [0.3, 0.4) is 0 Å². The molecule has 0 saturated carbocycles. The maximum atomic E-state index is 11.0. The topological polar surface area (TPSA) is 53.1 Å². The van der Waals surface area contributed by atoms with Crippen molar-refractivity contribution in [3.05, 3.63) is 36.0 Å². The zero-order valence-corrected chi connectivity index (χ0v) is 9.23. The SMILES string of the molecule is CCC(Cc1c[nH]c2ccccc12)C(=O)O. The Morgan fingerprint density at radius 3 is 2.88 bits per heavy atom. The molecule has 1 heterocycles. The van der Waals surface area contributed by atoms with E-state index in [0.717, 1.165) is 16.5 Å². The van der Waals surface area contributed by atoms with E-state index in [9.17, 15) is 4.79 Å². The fourth-order valence-corrected chi connectivity index (χ4v) is 1.97. The summed E-state index contributed by atoms with van der Waals surface area (Å²) in [5, 5.41) is 10.2. The Balaban J connectivity index is 2.30. The van der Waals surface area contributed by atoms with Crippen LogP contribution in [0.25, 0.3) is 10.9 Å². The molecule has 1 aromatic carbocycles. The van der Waals surface area contributed by atoms with E-state index in [0.29, 0.717) is 12.8 Å². The highest BCUT2D eigenvalue weighted by atomic mass is 16.4. The lowest BCUT2D eigenvalue weighted by atomic mass is 9.97. The number of carboxylic acid groups (broad SMARTS) is 1. The van der Waals surface area contributed by atoms with Crippen LogP contribution < -0.4 is 0 Å². The number of benzene rings is 1. The maximum absolute atomic E-state index is 11.0. The lowest BCUT2D eigenvalue weighted by Gasteiger charge is -2.08. The number of aromatic nitrogens is 1.